The van der Waals surface area contributed by atoms with Crippen molar-refractivity contribution < 1.29 is 18.0 Å². The van der Waals surface area contributed by atoms with Gasteiger partial charge in [-0.3, -0.25) is 0 Å². The van der Waals surface area contributed by atoms with E-state index in [1.54, 1.807) is 0 Å². The van der Waals surface area contributed by atoms with Crippen LogP contribution >= 0.6 is 17.0 Å². The Labute approximate surface area is 325 Å². The molecule has 0 atom stereocenters. The Morgan fingerprint density at radius 3 is 1.21 bits per heavy atom. The molecule has 8 aromatic rings. The third-order valence-corrected chi connectivity index (χ3v) is 29.5. The van der Waals surface area contributed by atoms with Crippen molar-refractivity contribution in [2.45, 2.75) is 65.5 Å². The molecule has 52 heavy (non-hydrogen) atoms. The van der Waals surface area contributed by atoms with Crippen molar-refractivity contribution in [3.63, 3.8) is 0 Å². The van der Waals surface area contributed by atoms with Crippen LogP contribution < -0.4 is 0 Å². The molecule has 8 aromatic carbocycles. The van der Waals surface area contributed by atoms with Crippen LogP contribution in [0.3, 0.4) is 0 Å². The van der Waals surface area contributed by atoms with Gasteiger partial charge >= 0.3 is 53.5 Å². The van der Waals surface area contributed by atoms with Gasteiger partial charge in [-0.1, -0.05) is 148 Å². The van der Waals surface area contributed by atoms with E-state index in [-0.39, 0.29) is 5.43 Å². The maximum absolute atomic E-state index is 5.62. The predicted molar refractivity (Wildman–Crippen MR) is 231 cm³/mol. The van der Waals surface area contributed by atoms with E-state index < -0.39 is 18.0 Å². The molecule has 0 saturated carbocycles. The average molecular weight is 815 g/mol. The Balaban J connectivity index is 0.000000155. The first-order valence-corrected chi connectivity index (χ1v) is 31.2. The molecule has 0 aliphatic carbocycles. The van der Waals surface area contributed by atoms with Crippen LogP contribution in [0.5, 0.6) is 0 Å². The van der Waals surface area contributed by atoms with Crippen LogP contribution in [0, 0.1) is 0 Å². The number of hydrogen-bond donors (Lipinski definition) is 0. The number of unbranched alkanes of at least 4 members (excludes halogenated alkanes) is 2. The zero-order chi connectivity index (χ0) is 36.5. The van der Waals surface area contributed by atoms with Crippen molar-refractivity contribution in [2.75, 3.05) is 0 Å². The quantitative estimate of drug-likeness (QED) is 0.106. The Morgan fingerprint density at radius 2 is 0.827 bits per heavy atom. The molecule has 0 heterocycles. The zero-order valence-electron chi connectivity index (χ0n) is 30.9. The van der Waals surface area contributed by atoms with E-state index in [1.165, 1.54) is 115 Å². The van der Waals surface area contributed by atoms with Crippen molar-refractivity contribution >= 4 is 65.5 Å². The van der Waals surface area contributed by atoms with E-state index >= 15 is 0 Å². The summed E-state index contributed by atoms with van der Waals surface area (Å²) in [5.41, 5.74) is 8.08. The fourth-order valence-electron chi connectivity index (χ4n) is 7.03. The van der Waals surface area contributed by atoms with Crippen LogP contribution in [0.2, 0.25) is 13.1 Å². The standard InChI is InChI=1S/2C23H21.C2H6Si.2ClH.Zr/c2*1-2-3-8-17-15-19-11-7-14-22(23(19)16-17)21-13-6-10-18-9-4-5-12-20(18)21;1-3-2;;;/h2*4-7,9-16H,2-3,8H2,1H3;1-2H3;2*1H;/q2*-1;;;;+2/p-2. The Morgan fingerprint density at radius 1 is 0.481 bits per heavy atom. The van der Waals surface area contributed by atoms with E-state index in [2.05, 4.69) is 173 Å². The second-order valence-electron chi connectivity index (χ2n) is 13.9. The summed E-state index contributed by atoms with van der Waals surface area (Å²) < 4.78 is 0. The third kappa shape index (κ3) is 9.26. The molecule has 0 saturated heterocycles. The molecular weight excluding hydrogens is 767 g/mol. The van der Waals surface area contributed by atoms with Crippen molar-refractivity contribution in [3.05, 3.63) is 157 Å². The summed E-state index contributed by atoms with van der Waals surface area (Å²) in [6.07, 6.45) is 7.38. The maximum atomic E-state index is 5.62. The summed E-state index contributed by atoms with van der Waals surface area (Å²) in [6.45, 7) is 8.84. The van der Waals surface area contributed by atoms with Gasteiger partial charge in [0, 0.05) is 0 Å². The fraction of sp³-hybridized carbons (Fsp3) is 0.208. The summed E-state index contributed by atoms with van der Waals surface area (Å²) in [4.78, 5) is 0. The number of halogens is 2. The average Bonchev–Trinajstić information content (AvgIpc) is 3.80. The molecule has 0 aromatic heterocycles. The van der Waals surface area contributed by atoms with E-state index in [4.69, 9.17) is 17.0 Å². The predicted octanol–water partition coefficient (Wildman–Crippen LogP) is 15.6. The molecule has 0 radical (unpaired) electrons. The fourth-order valence-corrected chi connectivity index (χ4v) is 7.03. The SMILES string of the molecule is CCCCc1cc2c(-c3cccc4ccccc34)cccc2[cH-]1.CCCCc1cc2c(-c3cccc4ccccc34)cccc2[cH-]1.C[Si](C)=[Zr]([Cl])[Cl]. The molecule has 4 heteroatoms. The number of fused-ring (bicyclic) bond motifs is 4. The Hall–Kier alpha value is -3.26. The van der Waals surface area contributed by atoms with Gasteiger partial charge in [-0.05, 0) is 45.5 Å². The normalized spacial score (nSPS) is 11.0. The first-order valence-electron chi connectivity index (χ1n) is 18.7. The Bertz CT molecular complexity index is 2260. The number of aryl methyl sites for hydroxylation is 2. The van der Waals surface area contributed by atoms with Crippen molar-refractivity contribution in [1.29, 1.82) is 0 Å². The molecule has 0 N–H and O–H groups in total. The van der Waals surface area contributed by atoms with E-state index in [1.807, 2.05) is 0 Å². The molecule has 0 unspecified atom stereocenters. The molecule has 0 fully saturated rings. The monoisotopic (exact) mass is 812 g/mol. The minimum absolute atomic E-state index is 0.224. The molecule has 0 aliphatic rings. The molecule has 0 spiro atoms. The summed E-state index contributed by atoms with van der Waals surface area (Å²) in [6, 6.07) is 53.4. The molecule has 0 aliphatic heterocycles. The molecule has 264 valence electrons. The summed E-state index contributed by atoms with van der Waals surface area (Å²) in [5.74, 6) is 0. The van der Waals surface area contributed by atoms with Crippen molar-refractivity contribution in [3.8, 4) is 22.3 Å². The third-order valence-electron chi connectivity index (χ3n) is 9.80. The number of benzene rings is 6. The molecule has 0 amide bonds. The number of rotatable bonds is 8. The topological polar surface area (TPSA) is 0 Å². The van der Waals surface area contributed by atoms with Gasteiger partial charge in [-0.2, -0.15) is 12.1 Å². The Kier molecular flexibility index (Phi) is 13.8. The van der Waals surface area contributed by atoms with Gasteiger partial charge in [0.2, 0.25) is 0 Å². The van der Waals surface area contributed by atoms with E-state index in [9.17, 15) is 0 Å². The van der Waals surface area contributed by atoms with Gasteiger partial charge in [0.15, 0.2) is 0 Å². The number of hydrogen-bond acceptors (Lipinski definition) is 0. The molecule has 8 rings (SSSR count). The van der Waals surface area contributed by atoms with Gasteiger partial charge in [-0.15, -0.1) is 69.1 Å². The molecule has 0 bridgehead atoms. The van der Waals surface area contributed by atoms with E-state index in [0.717, 1.165) is 0 Å². The van der Waals surface area contributed by atoms with Gasteiger partial charge < -0.3 is 0 Å². The van der Waals surface area contributed by atoms with Crippen molar-refractivity contribution in [1.82, 2.24) is 0 Å². The van der Waals surface area contributed by atoms with Crippen LogP contribution in [0.25, 0.3) is 65.3 Å². The zero-order valence-corrected chi connectivity index (χ0v) is 35.8. The van der Waals surface area contributed by atoms with Gasteiger partial charge in [-0.25, -0.2) is 0 Å². The van der Waals surface area contributed by atoms with Crippen LogP contribution in [0.4, 0.5) is 0 Å². The van der Waals surface area contributed by atoms with Crippen molar-refractivity contribution in [2.24, 2.45) is 0 Å². The van der Waals surface area contributed by atoms with Crippen LogP contribution in [-0.2, 0) is 30.8 Å². The second kappa shape index (κ2) is 18.7. The van der Waals surface area contributed by atoms with Crippen LogP contribution in [0.1, 0.15) is 50.7 Å². The molecule has 0 nitrogen and oxygen atoms in total. The summed E-state index contributed by atoms with van der Waals surface area (Å²) in [5, 5.41) is 10.8. The second-order valence-corrected chi connectivity index (χ2v) is 36.8. The first kappa shape index (κ1) is 38.5. The summed E-state index contributed by atoms with van der Waals surface area (Å²) >= 11 is -1.65. The van der Waals surface area contributed by atoms with Gasteiger partial charge in [0.25, 0.3) is 0 Å². The van der Waals surface area contributed by atoms with Crippen LogP contribution in [0.15, 0.2) is 146 Å². The van der Waals surface area contributed by atoms with Gasteiger partial charge in [0.1, 0.15) is 0 Å². The summed E-state index contributed by atoms with van der Waals surface area (Å²) in [7, 11) is 11.2. The van der Waals surface area contributed by atoms with Gasteiger partial charge in [0.05, 0.1) is 0 Å². The van der Waals surface area contributed by atoms with Crippen LogP contribution in [-0.4, -0.2) is 5.43 Å². The minimum atomic E-state index is -1.65. The first-order chi connectivity index (χ1) is 25.4. The molecular formula is C48H48Cl2SiZr-2. The van der Waals surface area contributed by atoms with E-state index in [0.29, 0.717) is 0 Å².